The van der Waals surface area contributed by atoms with E-state index in [1.807, 2.05) is 0 Å². The van der Waals surface area contributed by atoms with Crippen molar-refractivity contribution in [2.75, 3.05) is 13.7 Å². The highest BCUT2D eigenvalue weighted by Gasteiger charge is 2.19. The van der Waals surface area contributed by atoms with E-state index in [1.54, 1.807) is 25.3 Å². The van der Waals surface area contributed by atoms with Crippen LogP contribution in [-0.2, 0) is 4.74 Å². The van der Waals surface area contributed by atoms with Crippen LogP contribution in [0.5, 0.6) is 11.8 Å². The Labute approximate surface area is 113 Å². The van der Waals surface area contributed by atoms with Crippen molar-refractivity contribution in [2.45, 2.75) is 6.92 Å². The van der Waals surface area contributed by atoms with Crippen molar-refractivity contribution in [3.63, 3.8) is 0 Å². The maximum Gasteiger partial charge on any atom is 0.353 e. The largest absolute Gasteiger partial charge is 0.492 e. The Balaban J connectivity index is 2.36. The van der Waals surface area contributed by atoms with Gasteiger partial charge in [-0.15, -0.1) is 11.3 Å². The van der Waals surface area contributed by atoms with Crippen molar-refractivity contribution in [3.8, 4) is 22.3 Å². The summed E-state index contributed by atoms with van der Waals surface area (Å²) in [4.78, 5) is 19.6. The normalized spacial score (nSPS) is 10.2. The van der Waals surface area contributed by atoms with Gasteiger partial charge in [-0.3, -0.25) is 0 Å². The molecule has 0 saturated carbocycles. The number of carbonyl (C=O) groups is 1. The Bertz CT molecular complexity index is 597. The van der Waals surface area contributed by atoms with Crippen molar-refractivity contribution in [2.24, 2.45) is 0 Å². The van der Waals surface area contributed by atoms with Crippen molar-refractivity contribution in [3.05, 3.63) is 23.2 Å². The quantitative estimate of drug-likeness (QED) is 0.864. The van der Waals surface area contributed by atoms with Crippen LogP contribution in [0.1, 0.15) is 16.6 Å². The van der Waals surface area contributed by atoms with Crippen LogP contribution in [0, 0.1) is 0 Å². The summed E-state index contributed by atoms with van der Waals surface area (Å²) in [6, 6.07) is 3.39. The third-order valence-corrected chi connectivity index (χ3v) is 3.33. The lowest BCUT2D eigenvalue weighted by Gasteiger charge is -1.99. The monoisotopic (exact) mass is 280 g/mol. The zero-order chi connectivity index (χ0) is 13.8. The van der Waals surface area contributed by atoms with Crippen molar-refractivity contribution in [1.82, 2.24) is 9.97 Å². The van der Waals surface area contributed by atoms with Crippen molar-refractivity contribution >= 4 is 17.3 Å². The average Bonchev–Trinajstić information content (AvgIpc) is 2.81. The van der Waals surface area contributed by atoms with E-state index in [0.29, 0.717) is 16.5 Å². The van der Waals surface area contributed by atoms with Crippen LogP contribution in [0.4, 0.5) is 0 Å². The molecule has 0 radical (unpaired) electrons. The number of aromatic hydroxyl groups is 1. The number of ether oxygens (including phenoxy) is 2. The van der Waals surface area contributed by atoms with E-state index in [0.717, 1.165) is 11.3 Å². The number of pyridine rings is 1. The lowest BCUT2D eigenvalue weighted by Crippen LogP contribution is -2.02. The van der Waals surface area contributed by atoms with E-state index in [-0.39, 0.29) is 17.4 Å². The number of rotatable bonds is 4. The summed E-state index contributed by atoms with van der Waals surface area (Å²) in [6.07, 6.45) is 1.57. The zero-order valence-electron chi connectivity index (χ0n) is 10.4. The Kier molecular flexibility index (Phi) is 3.96. The Morgan fingerprint density at radius 2 is 2.32 bits per heavy atom. The summed E-state index contributed by atoms with van der Waals surface area (Å²) in [5.41, 5.74) is 0.711. The maximum absolute atomic E-state index is 11.6. The Morgan fingerprint density at radius 1 is 1.53 bits per heavy atom. The molecule has 0 saturated heterocycles. The smallest absolute Gasteiger partial charge is 0.353 e. The topological polar surface area (TPSA) is 81.5 Å². The summed E-state index contributed by atoms with van der Waals surface area (Å²) in [5.74, 6) is -0.469. The number of hydrogen-bond acceptors (Lipinski definition) is 7. The second-order valence-corrected chi connectivity index (χ2v) is 4.48. The van der Waals surface area contributed by atoms with Crippen molar-refractivity contribution in [1.29, 1.82) is 0 Å². The summed E-state index contributed by atoms with van der Waals surface area (Å²) in [6.45, 7) is 1.94. The highest BCUT2D eigenvalue weighted by Crippen LogP contribution is 2.33. The molecule has 0 spiro atoms. The molecular formula is C12H12N2O4S. The first-order valence-corrected chi connectivity index (χ1v) is 6.34. The van der Waals surface area contributed by atoms with Crippen LogP contribution >= 0.6 is 11.3 Å². The molecule has 6 nitrogen and oxygen atoms in total. The van der Waals surface area contributed by atoms with Gasteiger partial charge in [0.25, 0.3) is 0 Å². The van der Waals surface area contributed by atoms with E-state index < -0.39 is 5.97 Å². The second-order valence-electron chi connectivity index (χ2n) is 3.48. The van der Waals surface area contributed by atoms with Gasteiger partial charge in [-0.25, -0.2) is 14.8 Å². The van der Waals surface area contributed by atoms with Gasteiger partial charge in [0.2, 0.25) is 11.8 Å². The van der Waals surface area contributed by atoms with Gasteiger partial charge in [0.15, 0.2) is 4.88 Å². The minimum Gasteiger partial charge on any atom is -0.492 e. The molecule has 2 rings (SSSR count). The minimum atomic E-state index is -0.579. The molecule has 7 heteroatoms. The predicted molar refractivity (Wildman–Crippen MR) is 69.5 cm³/mol. The third kappa shape index (κ3) is 2.82. The number of methoxy groups -OCH3 is 1. The van der Waals surface area contributed by atoms with Crippen LogP contribution < -0.4 is 4.74 Å². The van der Waals surface area contributed by atoms with Crippen LogP contribution in [-0.4, -0.2) is 34.8 Å². The van der Waals surface area contributed by atoms with Crippen molar-refractivity contribution < 1.29 is 19.4 Å². The number of nitrogens with zero attached hydrogens (tertiary/aromatic N) is 2. The molecule has 0 aliphatic rings. The Morgan fingerprint density at radius 3 is 3.00 bits per heavy atom. The first-order chi connectivity index (χ1) is 9.15. The molecule has 0 bridgehead atoms. The number of carbonyl (C=O) groups excluding carboxylic acids is 1. The molecule has 0 amide bonds. The summed E-state index contributed by atoms with van der Waals surface area (Å²) in [5, 5.41) is 10.2. The fourth-order valence-electron chi connectivity index (χ4n) is 1.42. The fourth-order valence-corrected chi connectivity index (χ4v) is 2.27. The van der Waals surface area contributed by atoms with E-state index in [4.69, 9.17) is 9.47 Å². The highest BCUT2D eigenvalue weighted by atomic mass is 32.1. The molecule has 0 aliphatic carbocycles. The first kappa shape index (κ1) is 13.3. The molecule has 2 heterocycles. The van der Waals surface area contributed by atoms with Gasteiger partial charge in [0.1, 0.15) is 5.01 Å². The predicted octanol–water partition coefficient (Wildman–Crippen LogP) is 2.10. The molecule has 1 N–H and O–H groups in total. The maximum atomic E-state index is 11.6. The summed E-state index contributed by atoms with van der Waals surface area (Å²) < 4.78 is 9.85. The molecule has 19 heavy (non-hydrogen) atoms. The molecule has 0 atom stereocenters. The molecule has 0 aromatic carbocycles. The molecule has 0 fully saturated rings. The fraction of sp³-hybridized carbons (Fsp3) is 0.250. The zero-order valence-corrected chi connectivity index (χ0v) is 11.2. The van der Waals surface area contributed by atoms with Gasteiger partial charge in [-0.1, -0.05) is 0 Å². The van der Waals surface area contributed by atoms with Gasteiger partial charge in [-0.05, 0) is 13.0 Å². The molecule has 0 aliphatic heterocycles. The standard InChI is InChI=1S/C12H12N2O4S/c1-3-18-12(16)9-10(15)14-11(19-9)7-4-5-13-8(6-7)17-2/h4-6,15H,3H2,1-2H3. The minimum absolute atomic E-state index is 0.0904. The summed E-state index contributed by atoms with van der Waals surface area (Å²) >= 11 is 1.06. The van der Waals surface area contributed by atoms with E-state index >= 15 is 0 Å². The van der Waals surface area contributed by atoms with Crippen LogP contribution in [0.25, 0.3) is 10.6 Å². The van der Waals surface area contributed by atoms with Crippen LogP contribution in [0.15, 0.2) is 18.3 Å². The molecule has 100 valence electrons. The lowest BCUT2D eigenvalue weighted by molar-refractivity contribution is 0.0528. The van der Waals surface area contributed by atoms with Gasteiger partial charge < -0.3 is 14.6 Å². The average molecular weight is 280 g/mol. The molecule has 2 aromatic rings. The van der Waals surface area contributed by atoms with Crippen LogP contribution in [0.2, 0.25) is 0 Å². The van der Waals surface area contributed by atoms with E-state index in [1.165, 1.54) is 7.11 Å². The number of hydrogen-bond donors (Lipinski definition) is 1. The summed E-state index contributed by atoms with van der Waals surface area (Å²) in [7, 11) is 1.51. The van der Waals surface area contributed by atoms with Gasteiger partial charge in [0.05, 0.1) is 13.7 Å². The van der Waals surface area contributed by atoms with Gasteiger partial charge >= 0.3 is 5.97 Å². The third-order valence-electron chi connectivity index (χ3n) is 2.26. The van der Waals surface area contributed by atoms with E-state index in [9.17, 15) is 9.90 Å². The molecular weight excluding hydrogens is 268 g/mol. The highest BCUT2D eigenvalue weighted by molar-refractivity contribution is 7.17. The van der Waals surface area contributed by atoms with Gasteiger partial charge in [0, 0.05) is 17.8 Å². The lowest BCUT2D eigenvalue weighted by atomic mass is 10.3. The number of thiazole rings is 1. The molecule has 0 unspecified atom stereocenters. The second kappa shape index (κ2) is 5.66. The molecule has 2 aromatic heterocycles. The number of esters is 1. The number of aromatic nitrogens is 2. The Hall–Kier alpha value is -2.15. The first-order valence-electron chi connectivity index (χ1n) is 5.53. The van der Waals surface area contributed by atoms with Crippen LogP contribution in [0.3, 0.4) is 0 Å². The SMILES string of the molecule is CCOC(=O)c1sc(-c2ccnc(OC)c2)nc1O. The van der Waals surface area contributed by atoms with E-state index in [2.05, 4.69) is 9.97 Å². The van der Waals surface area contributed by atoms with Gasteiger partial charge in [-0.2, -0.15) is 0 Å².